The van der Waals surface area contributed by atoms with Crippen LogP contribution in [0.2, 0.25) is 0 Å². The first-order chi connectivity index (χ1) is 8.24. The first-order valence-corrected chi connectivity index (χ1v) is 6.90. The number of amides is 1. The number of piperidine rings is 1. The van der Waals surface area contributed by atoms with Gasteiger partial charge in [0.2, 0.25) is 5.91 Å². The summed E-state index contributed by atoms with van der Waals surface area (Å²) < 4.78 is 0. The summed E-state index contributed by atoms with van der Waals surface area (Å²) >= 11 is 1.69. The normalized spacial score (nSPS) is 23.5. The zero-order valence-electron chi connectivity index (χ0n) is 9.84. The lowest BCUT2D eigenvalue weighted by molar-refractivity contribution is -0.125. The van der Waals surface area contributed by atoms with E-state index < -0.39 is 0 Å². The third kappa shape index (κ3) is 2.68. The van der Waals surface area contributed by atoms with Crippen LogP contribution in [-0.2, 0) is 4.79 Å². The standard InChI is InChI=1S/C12H19N3OS/c13-8-10(11-5-3-7-17-11)15-6-2-1-4-9(15)12(14)16/h3,5,7,9-10H,1-2,4,6,8,13H2,(H2,14,16). The number of thiophene rings is 1. The Hall–Kier alpha value is -0.910. The number of rotatable bonds is 4. The highest BCUT2D eigenvalue weighted by Crippen LogP contribution is 2.30. The number of likely N-dealkylation sites (tertiary alicyclic amines) is 1. The third-order valence-electron chi connectivity index (χ3n) is 3.37. The molecule has 0 spiro atoms. The summed E-state index contributed by atoms with van der Waals surface area (Å²) in [5.41, 5.74) is 11.4. The van der Waals surface area contributed by atoms with Gasteiger partial charge in [0.05, 0.1) is 12.1 Å². The maximum absolute atomic E-state index is 11.5. The summed E-state index contributed by atoms with van der Waals surface area (Å²) in [5.74, 6) is -0.222. The first kappa shape index (κ1) is 12.5. The fourth-order valence-corrected chi connectivity index (χ4v) is 3.39. The van der Waals surface area contributed by atoms with Gasteiger partial charge in [-0.2, -0.15) is 0 Å². The lowest BCUT2D eigenvalue weighted by atomic mass is 9.98. The van der Waals surface area contributed by atoms with Crippen molar-refractivity contribution < 1.29 is 4.79 Å². The largest absolute Gasteiger partial charge is 0.368 e. The fourth-order valence-electron chi connectivity index (χ4n) is 2.53. The number of hydrogen-bond donors (Lipinski definition) is 2. The summed E-state index contributed by atoms with van der Waals surface area (Å²) in [7, 11) is 0. The smallest absolute Gasteiger partial charge is 0.234 e. The molecule has 2 rings (SSSR count). The molecule has 17 heavy (non-hydrogen) atoms. The number of carbonyl (C=O) groups is 1. The van der Waals surface area contributed by atoms with Gasteiger partial charge in [0.25, 0.3) is 0 Å². The summed E-state index contributed by atoms with van der Waals surface area (Å²) in [6.07, 6.45) is 3.05. The molecule has 1 saturated heterocycles. The van der Waals surface area contributed by atoms with Gasteiger partial charge >= 0.3 is 0 Å². The molecule has 4 nitrogen and oxygen atoms in total. The predicted molar refractivity (Wildman–Crippen MR) is 69.7 cm³/mol. The van der Waals surface area contributed by atoms with Crippen molar-refractivity contribution in [2.75, 3.05) is 13.1 Å². The second kappa shape index (κ2) is 5.62. The summed E-state index contributed by atoms with van der Waals surface area (Å²) in [4.78, 5) is 14.9. The van der Waals surface area contributed by atoms with Crippen molar-refractivity contribution in [3.8, 4) is 0 Å². The number of nitrogens with two attached hydrogens (primary N) is 2. The van der Waals surface area contributed by atoms with Gasteiger partial charge < -0.3 is 11.5 Å². The maximum Gasteiger partial charge on any atom is 0.234 e. The van der Waals surface area contributed by atoms with Crippen LogP contribution in [-0.4, -0.2) is 29.9 Å². The molecule has 5 heteroatoms. The molecule has 94 valence electrons. The Balaban J connectivity index is 2.19. The van der Waals surface area contributed by atoms with Crippen LogP contribution in [0.5, 0.6) is 0 Å². The van der Waals surface area contributed by atoms with E-state index in [9.17, 15) is 4.79 Å². The highest BCUT2D eigenvalue weighted by atomic mass is 32.1. The van der Waals surface area contributed by atoms with E-state index in [1.807, 2.05) is 11.4 Å². The van der Waals surface area contributed by atoms with Crippen LogP contribution in [0.25, 0.3) is 0 Å². The van der Waals surface area contributed by atoms with Crippen LogP contribution in [0.1, 0.15) is 30.2 Å². The van der Waals surface area contributed by atoms with Gasteiger partial charge in [-0.05, 0) is 30.8 Å². The predicted octanol–water partition coefficient (Wildman–Crippen LogP) is 1.09. The van der Waals surface area contributed by atoms with Gasteiger partial charge in [-0.1, -0.05) is 12.5 Å². The molecule has 1 aliphatic heterocycles. The van der Waals surface area contributed by atoms with E-state index in [0.717, 1.165) is 25.8 Å². The number of hydrogen-bond acceptors (Lipinski definition) is 4. The van der Waals surface area contributed by atoms with E-state index in [1.54, 1.807) is 11.3 Å². The Kier molecular flexibility index (Phi) is 4.15. The molecule has 0 aliphatic carbocycles. The first-order valence-electron chi connectivity index (χ1n) is 6.02. The van der Waals surface area contributed by atoms with E-state index in [2.05, 4.69) is 11.0 Å². The van der Waals surface area contributed by atoms with Crippen molar-refractivity contribution in [1.29, 1.82) is 0 Å². The Labute approximate surface area is 106 Å². The highest BCUT2D eigenvalue weighted by molar-refractivity contribution is 7.10. The maximum atomic E-state index is 11.5. The van der Waals surface area contributed by atoms with Gasteiger partial charge in [-0.3, -0.25) is 9.69 Å². The zero-order valence-corrected chi connectivity index (χ0v) is 10.7. The van der Waals surface area contributed by atoms with Gasteiger partial charge in [0.1, 0.15) is 0 Å². The topological polar surface area (TPSA) is 72.3 Å². The van der Waals surface area contributed by atoms with Crippen LogP contribution in [0, 0.1) is 0 Å². The van der Waals surface area contributed by atoms with Crippen LogP contribution >= 0.6 is 11.3 Å². The molecule has 0 aromatic carbocycles. The number of carbonyl (C=O) groups excluding carboxylic acids is 1. The van der Waals surface area contributed by atoms with Crippen molar-refractivity contribution >= 4 is 17.2 Å². The SMILES string of the molecule is NCC(c1cccs1)N1CCCCC1C(N)=O. The van der Waals surface area contributed by atoms with Gasteiger partial charge in [-0.25, -0.2) is 0 Å². The average molecular weight is 253 g/mol. The van der Waals surface area contributed by atoms with Crippen LogP contribution < -0.4 is 11.5 Å². The van der Waals surface area contributed by atoms with E-state index >= 15 is 0 Å². The van der Waals surface area contributed by atoms with Crippen LogP contribution in [0.15, 0.2) is 17.5 Å². The molecule has 1 aromatic heterocycles. The second-order valence-electron chi connectivity index (χ2n) is 4.42. The molecule has 4 N–H and O–H groups in total. The molecule has 1 aliphatic rings. The summed E-state index contributed by atoms with van der Waals surface area (Å²) in [5, 5.41) is 2.04. The quantitative estimate of drug-likeness (QED) is 0.843. The zero-order chi connectivity index (χ0) is 12.3. The molecule has 2 heterocycles. The molecule has 2 unspecified atom stereocenters. The van der Waals surface area contributed by atoms with E-state index in [4.69, 9.17) is 11.5 Å². The summed E-state index contributed by atoms with van der Waals surface area (Å²) in [6.45, 7) is 1.44. The van der Waals surface area contributed by atoms with Crippen molar-refractivity contribution in [2.24, 2.45) is 11.5 Å². The van der Waals surface area contributed by atoms with Crippen molar-refractivity contribution in [3.63, 3.8) is 0 Å². The van der Waals surface area contributed by atoms with Gasteiger partial charge in [0, 0.05) is 11.4 Å². The van der Waals surface area contributed by atoms with Crippen molar-refractivity contribution in [2.45, 2.75) is 31.3 Å². The molecule has 0 bridgehead atoms. The van der Waals surface area contributed by atoms with E-state index in [1.165, 1.54) is 4.88 Å². The van der Waals surface area contributed by atoms with Crippen molar-refractivity contribution in [3.05, 3.63) is 22.4 Å². The summed E-state index contributed by atoms with van der Waals surface area (Å²) in [6, 6.07) is 4.08. The Bertz CT molecular complexity index is 366. The molecule has 1 fully saturated rings. The van der Waals surface area contributed by atoms with Crippen LogP contribution in [0.4, 0.5) is 0 Å². The number of primary amides is 1. The molecule has 2 atom stereocenters. The minimum absolute atomic E-state index is 0.132. The lowest BCUT2D eigenvalue weighted by Gasteiger charge is -2.38. The minimum Gasteiger partial charge on any atom is -0.368 e. The minimum atomic E-state index is -0.222. The fraction of sp³-hybridized carbons (Fsp3) is 0.583. The van der Waals surface area contributed by atoms with Crippen molar-refractivity contribution in [1.82, 2.24) is 4.90 Å². The monoisotopic (exact) mass is 253 g/mol. The Morgan fingerprint density at radius 2 is 2.41 bits per heavy atom. The molecule has 0 radical (unpaired) electrons. The van der Waals surface area contributed by atoms with Gasteiger partial charge in [-0.15, -0.1) is 11.3 Å². The Morgan fingerprint density at radius 3 is 3.00 bits per heavy atom. The van der Waals surface area contributed by atoms with Gasteiger partial charge in [0.15, 0.2) is 0 Å². The van der Waals surface area contributed by atoms with E-state index in [-0.39, 0.29) is 18.0 Å². The lowest BCUT2D eigenvalue weighted by Crippen LogP contribution is -2.50. The third-order valence-corrected chi connectivity index (χ3v) is 4.34. The average Bonchev–Trinajstić information content (AvgIpc) is 2.84. The highest BCUT2D eigenvalue weighted by Gasteiger charge is 2.32. The molecular weight excluding hydrogens is 234 g/mol. The molecule has 1 amide bonds. The second-order valence-corrected chi connectivity index (χ2v) is 5.40. The van der Waals surface area contributed by atoms with E-state index in [0.29, 0.717) is 6.54 Å². The molecule has 1 aromatic rings. The van der Waals surface area contributed by atoms with Crippen LogP contribution in [0.3, 0.4) is 0 Å². The molecular formula is C12H19N3OS. The number of nitrogens with zero attached hydrogens (tertiary/aromatic N) is 1. The molecule has 0 saturated carbocycles. The Morgan fingerprint density at radius 1 is 1.59 bits per heavy atom.